The smallest absolute Gasteiger partial charge is 0.246 e. The fraction of sp³-hybridized carbons (Fsp3) is 0.333. The summed E-state index contributed by atoms with van der Waals surface area (Å²) in [7, 11) is -3.99. The molecule has 2 rings (SSSR count). The molecule has 1 aliphatic rings. The van der Waals surface area contributed by atoms with Gasteiger partial charge in [0.1, 0.15) is 4.90 Å². The summed E-state index contributed by atoms with van der Waals surface area (Å²) in [5, 5.41) is 0.0526. The van der Waals surface area contributed by atoms with Crippen LogP contribution in [0.2, 0.25) is 5.02 Å². The van der Waals surface area contributed by atoms with Gasteiger partial charge in [0.05, 0.1) is 15.2 Å². The van der Waals surface area contributed by atoms with Crippen molar-refractivity contribution in [2.75, 3.05) is 12.3 Å². The average Bonchev–Trinajstić information content (AvgIpc) is 3.21. The van der Waals surface area contributed by atoms with E-state index in [2.05, 4.69) is 22.5 Å². The Morgan fingerprint density at radius 1 is 1.60 bits per heavy atom. The van der Waals surface area contributed by atoms with Crippen LogP contribution in [0.25, 0.3) is 0 Å². The van der Waals surface area contributed by atoms with Crippen molar-refractivity contribution >= 4 is 43.2 Å². The fourth-order valence-electron chi connectivity index (χ4n) is 1.85. The van der Waals surface area contributed by atoms with Crippen LogP contribution in [0.3, 0.4) is 0 Å². The van der Waals surface area contributed by atoms with E-state index in [1.54, 1.807) is 0 Å². The lowest BCUT2D eigenvalue weighted by molar-refractivity contribution is 0.431. The molecule has 0 spiro atoms. The molecular formula is C12H13BrClFN2O2S. The Kier molecular flexibility index (Phi) is 4.44. The summed E-state index contributed by atoms with van der Waals surface area (Å²) in [6.07, 6.45) is 2.99. The summed E-state index contributed by atoms with van der Waals surface area (Å²) in [6.45, 7) is 3.66. The number of nitrogen functional groups attached to an aromatic ring is 1. The van der Waals surface area contributed by atoms with Crippen molar-refractivity contribution in [3.63, 3.8) is 0 Å². The molecular weight excluding hydrogens is 371 g/mol. The molecule has 0 amide bonds. The van der Waals surface area contributed by atoms with Gasteiger partial charge in [0.25, 0.3) is 0 Å². The minimum absolute atomic E-state index is 0.0526. The van der Waals surface area contributed by atoms with E-state index in [9.17, 15) is 12.8 Å². The monoisotopic (exact) mass is 382 g/mol. The first-order chi connectivity index (χ1) is 9.30. The fourth-order valence-corrected chi connectivity index (χ4v) is 4.17. The highest BCUT2D eigenvalue weighted by atomic mass is 79.9. The molecule has 0 heterocycles. The van der Waals surface area contributed by atoms with Gasteiger partial charge in [-0.15, -0.1) is 6.58 Å². The zero-order valence-corrected chi connectivity index (χ0v) is 13.6. The maximum atomic E-state index is 14.2. The molecule has 1 aliphatic carbocycles. The van der Waals surface area contributed by atoms with Crippen LogP contribution in [0.1, 0.15) is 12.8 Å². The second-order valence-corrected chi connectivity index (χ2v) is 7.55. The Hall–Kier alpha value is -0.630. The summed E-state index contributed by atoms with van der Waals surface area (Å²) in [6, 6.07) is 0.964. The van der Waals surface area contributed by atoms with Gasteiger partial charge in [-0.05, 0) is 34.8 Å². The zero-order valence-electron chi connectivity index (χ0n) is 10.4. The van der Waals surface area contributed by atoms with Crippen molar-refractivity contribution in [2.24, 2.45) is 0 Å². The molecule has 1 saturated carbocycles. The number of hydrogen-bond acceptors (Lipinski definition) is 3. The maximum absolute atomic E-state index is 14.2. The van der Waals surface area contributed by atoms with Crippen LogP contribution < -0.4 is 5.73 Å². The van der Waals surface area contributed by atoms with Gasteiger partial charge in [-0.25, -0.2) is 12.8 Å². The molecule has 0 saturated heterocycles. The third-order valence-electron chi connectivity index (χ3n) is 3.01. The predicted octanol–water partition coefficient (Wildman–Crippen LogP) is 3.16. The molecule has 110 valence electrons. The molecule has 1 aromatic carbocycles. The number of nitrogens with two attached hydrogens (primary N) is 1. The van der Waals surface area contributed by atoms with E-state index < -0.39 is 20.7 Å². The highest BCUT2D eigenvalue weighted by Crippen LogP contribution is 2.38. The molecule has 0 aliphatic heterocycles. The van der Waals surface area contributed by atoms with Crippen LogP contribution in [0, 0.1) is 5.82 Å². The summed E-state index contributed by atoms with van der Waals surface area (Å²) >= 11 is 8.90. The van der Waals surface area contributed by atoms with Crippen LogP contribution in [0.15, 0.2) is 28.1 Å². The summed E-state index contributed by atoms with van der Waals surface area (Å²) < 4.78 is 40.6. The Morgan fingerprint density at radius 3 is 2.70 bits per heavy atom. The standard InChI is InChI=1S/C12H13BrClFN2O2S/c1-2-5-17(7-3-4-7)20(18,19)9-6-8(14)10(13)12(16)11(9)15/h2,6-7H,1,3-5,16H2. The van der Waals surface area contributed by atoms with Gasteiger partial charge in [0.15, 0.2) is 5.82 Å². The number of rotatable bonds is 5. The van der Waals surface area contributed by atoms with Gasteiger partial charge in [-0.2, -0.15) is 4.31 Å². The molecule has 0 radical (unpaired) electrons. The summed E-state index contributed by atoms with van der Waals surface area (Å²) in [4.78, 5) is -0.503. The van der Waals surface area contributed by atoms with Crippen LogP contribution >= 0.6 is 27.5 Å². The number of nitrogens with zero attached hydrogens (tertiary/aromatic N) is 1. The third-order valence-corrected chi connectivity index (χ3v) is 6.30. The van der Waals surface area contributed by atoms with Crippen molar-refractivity contribution in [1.82, 2.24) is 4.31 Å². The van der Waals surface area contributed by atoms with Crippen molar-refractivity contribution < 1.29 is 12.8 Å². The van der Waals surface area contributed by atoms with Gasteiger partial charge in [0.2, 0.25) is 10.0 Å². The topological polar surface area (TPSA) is 63.4 Å². The highest BCUT2D eigenvalue weighted by Gasteiger charge is 2.39. The minimum atomic E-state index is -3.99. The zero-order chi connectivity index (χ0) is 15.1. The Labute approximate surface area is 130 Å². The third kappa shape index (κ3) is 2.72. The van der Waals surface area contributed by atoms with Crippen molar-refractivity contribution in [3.05, 3.63) is 34.0 Å². The van der Waals surface area contributed by atoms with Crippen LogP contribution in [0.4, 0.5) is 10.1 Å². The summed E-state index contributed by atoms with van der Waals surface area (Å²) in [5.41, 5.74) is 5.22. The SMILES string of the molecule is C=CCN(C1CC1)S(=O)(=O)c1cc(Cl)c(Br)c(N)c1F. The number of benzene rings is 1. The number of hydrogen-bond donors (Lipinski definition) is 1. The van der Waals surface area contributed by atoms with E-state index in [4.69, 9.17) is 17.3 Å². The van der Waals surface area contributed by atoms with E-state index >= 15 is 0 Å². The van der Waals surface area contributed by atoms with Crippen molar-refractivity contribution in [3.8, 4) is 0 Å². The van der Waals surface area contributed by atoms with Crippen molar-refractivity contribution in [2.45, 2.75) is 23.8 Å². The molecule has 4 nitrogen and oxygen atoms in total. The van der Waals surface area contributed by atoms with E-state index in [1.165, 1.54) is 10.4 Å². The van der Waals surface area contributed by atoms with Crippen LogP contribution in [0.5, 0.6) is 0 Å². The van der Waals surface area contributed by atoms with Gasteiger partial charge < -0.3 is 5.73 Å². The second-order valence-electron chi connectivity index (χ2n) is 4.49. The molecule has 0 aromatic heterocycles. The molecule has 1 fully saturated rings. The summed E-state index contributed by atoms with van der Waals surface area (Å²) in [5.74, 6) is -0.990. The van der Waals surface area contributed by atoms with E-state index in [0.717, 1.165) is 18.9 Å². The van der Waals surface area contributed by atoms with E-state index in [-0.39, 0.29) is 27.8 Å². The predicted molar refractivity (Wildman–Crippen MR) is 80.6 cm³/mol. The number of anilines is 1. The lowest BCUT2D eigenvalue weighted by atomic mass is 10.3. The molecule has 1 aromatic rings. The van der Waals surface area contributed by atoms with Gasteiger partial charge in [-0.1, -0.05) is 17.7 Å². The Morgan fingerprint density at radius 2 is 2.20 bits per heavy atom. The first-order valence-electron chi connectivity index (χ1n) is 5.86. The van der Waals surface area contributed by atoms with Crippen LogP contribution in [-0.4, -0.2) is 25.3 Å². The largest absolute Gasteiger partial charge is 0.395 e. The Balaban J connectivity index is 2.56. The number of sulfonamides is 1. The Bertz CT molecular complexity index is 662. The maximum Gasteiger partial charge on any atom is 0.246 e. The van der Waals surface area contributed by atoms with Gasteiger partial charge >= 0.3 is 0 Å². The first-order valence-corrected chi connectivity index (χ1v) is 8.47. The highest BCUT2D eigenvalue weighted by molar-refractivity contribution is 9.10. The lowest BCUT2D eigenvalue weighted by Gasteiger charge is -2.21. The second kappa shape index (κ2) is 5.63. The van der Waals surface area contributed by atoms with Crippen molar-refractivity contribution in [1.29, 1.82) is 0 Å². The van der Waals surface area contributed by atoms with Crippen LogP contribution in [-0.2, 0) is 10.0 Å². The molecule has 2 N–H and O–H groups in total. The van der Waals surface area contributed by atoms with E-state index in [1.807, 2.05) is 0 Å². The normalized spacial score (nSPS) is 15.6. The molecule has 0 bridgehead atoms. The molecule has 0 atom stereocenters. The number of halogens is 3. The molecule has 20 heavy (non-hydrogen) atoms. The first kappa shape index (κ1) is 15.8. The lowest BCUT2D eigenvalue weighted by Crippen LogP contribution is -2.34. The van der Waals surface area contributed by atoms with E-state index in [0.29, 0.717) is 0 Å². The van der Waals surface area contributed by atoms with Gasteiger partial charge in [-0.3, -0.25) is 0 Å². The average molecular weight is 384 g/mol. The molecule has 0 unspecified atom stereocenters. The minimum Gasteiger partial charge on any atom is -0.395 e. The quantitative estimate of drug-likeness (QED) is 0.482. The molecule has 8 heteroatoms. The van der Waals surface area contributed by atoms with Gasteiger partial charge in [0, 0.05) is 12.6 Å².